The van der Waals surface area contributed by atoms with Crippen LogP contribution in [-0.2, 0) is 4.74 Å². The quantitative estimate of drug-likeness (QED) is 0.577. The number of nitrogens with zero attached hydrogens (tertiary/aromatic N) is 6. The van der Waals surface area contributed by atoms with Crippen molar-refractivity contribution < 1.29 is 23.0 Å². The number of carbonyl (C=O) groups is 1. The SMILES string of the molecule is CC(C)(C)OC(=O)N1CCC(n2ncc3c(Oc4cc(F)c(F)cc4C#N)ncnc32)CC1. The Labute approximate surface area is 188 Å². The van der Waals surface area contributed by atoms with Gasteiger partial charge >= 0.3 is 6.09 Å². The molecule has 11 heteroatoms. The lowest BCUT2D eigenvalue weighted by Crippen LogP contribution is -2.42. The van der Waals surface area contributed by atoms with Crippen LogP contribution in [-0.4, -0.2) is 49.4 Å². The fourth-order valence-corrected chi connectivity index (χ4v) is 3.61. The molecule has 1 amide bonds. The van der Waals surface area contributed by atoms with Crippen molar-refractivity contribution in [1.82, 2.24) is 24.6 Å². The lowest BCUT2D eigenvalue weighted by molar-refractivity contribution is 0.0186. The molecule has 1 saturated heterocycles. The number of halogens is 2. The van der Waals surface area contributed by atoms with E-state index < -0.39 is 17.2 Å². The molecule has 0 atom stereocenters. The molecule has 9 nitrogen and oxygen atoms in total. The third kappa shape index (κ3) is 4.69. The highest BCUT2D eigenvalue weighted by Crippen LogP contribution is 2.32. The molecular weight excluding hydrogens is 434 g/mol. The summed E-state index contributed by atoms with van der Waals surface area (Å²) in [5.41, 5.74) is -0.224. The van der Waals surface area contributed by atoms with Crippen molar-refractivity contribution in [3.05, 3.63) is 41.9 Å². The molecule has 0 saturated carbocycles. The largest absolute Gasteiger partial charge is 0.444 e. The Hall–Kier alpha value is -3.81. The van der Waals surface area contributed by atoms with Gasteiger partial charge in [-0.1, -0.05) is 0 Å². The minimum absolute atomic E-state index is 0.0122. The summed E-state index contributed by atoms with van der Waals surface area (Å²) in [6.07, 6.45) is 3.76. The zero-order valence-corrected chi connectivity index (χ0v) is 18.4. The third-order valence-electron chi connectivity index (χ3n) is 5.17. The van der Waals surface area contributed by atoms with Crippen molar-refractivity contribution in [3.8, 4) is 17.7 Å². The first kappa shape index (κ1) is 22.4. The van der Waals surface area contributed by atoms with Crippen molar-refractivity contribution in [2.24, 2.45) is 0 Å². The fraction of sp³-hybridized carbons (Fsp3) is 0.409. The Bertz CT molecular complexity index is 1240. The maximum Gasteiger partial charge on any atom is 0.410 e. The topological polar surface area (TPSA) is 106 Å². The van der Waals surface area contributed by atoms with Gasteiger partial charge in [0.05, 0.1) is 17.8 Å². The molecular formula is C22H22F2N6O3. The molecule has 3 heterocycles. The smallest absolute Gasteiger partial charge is 0.410 e. The molecule has 4 rings (SSSR count). The van der Waals surface area contributed by atoms with Crippen molar-refractivity contribution >= 4 is 17.1 Å². The number of carbonyl (C=O) groups excluding carboxylic acids is 1. The predicted molar refractivity (Wildman–Crippen MR) is 113 cm³/mol. The zero-order valence-electron chi connectivity index (χ0n) is 18.4. The van der Waals surface area contributed by atoms with Crippen LogP contribution in [0, 0.1) is 23.0 Å². The minimum atomic E-state index is -1.14. The Morgan fingerprint density at radius 3 is 2.55 bits per heavy atom. The molecule has 1 aliphatic heterocycles. The van der Waals surface area contributed by atoms with Gasteiger partial charge in [0.15, 0.2) is 17.3 Å². The monoisotopic (exact) mass is 456 g/mol. The van der Waals surface area contributed by atoms with E-state index in [-0.39, 0.29) is 29.3 Å². The molecule has 33 heavy (non-hydrogen) atoms. The number of amides is 1. The summed E-state index contributed by atoms with van der Waals surface area (Å²) in [5, 5.41) is 14.1. The lowest BCUT2D eigenvalue weighted by atomic mass is 10.1. The number of hydrogen-bond donors (Lipinski definition) is 0. The summed E-state index contributed by atoms with van der Waals surface area (Å²) in [7, 11) is 0. The number of ether oxygens (including phenoxy) is 2. The van der Waals surface area contributed by atoms with Gasteiger partial charge in [-0.2, -0.15) is 10.4 Å². The second kappa shape index (κ2) is 8.61. The normalized spacial score (nSPS) is 14.8. The Kier molecular flexibility index (Phi) is 5.84. The molecule has 0 radical (unpaired) electrons. The lowest BCUT2D eigenvalue weighted by Gasteiger charge is -2.33. The van der Waals surface area contributed by atoms with E-state index in [9.17, 15) is 18.8 Å². The molecule has 172 valence electrons. The van der Waals surface area contributed by atoms with Crippen LogP contribution in [0.2, 0.25) is 0 Å². The van der Waals surface area contributed by atoms with E-state index in [1.54, 1.807) is 15.7 Å². The highest BCUT2D eigenvalue weighted by molar-refractivity contribution is 5.80. The summed E-state index contributed by atoms with van der Waals surface area (Å²) in [5.74, 6) is -2.37. The van der Waals surface area contributed by atoms with Crippen LogP contribution in [0.25, 0.3) is 11.0 Å². The Morgan fingerprint density at radius 1 is 1.18 bits per heavy atom. The zero-order chi connectivity index (χ0) is 23.8. The summed E-state index contributed by atoms with van der Waals surface area (Å²) in [4.78, 5) is 22.4. The molecule has 0 aliphatic carbocycles. The van der Waals surface area contributed by atoms with Crippen LogP contribution < -0.4 is 4.74 Å². The maximum absolute atomic E-state index is 13.7. The Morgan fingerprint density at radius 2 is 1.88 bits per heavy atom. The summed E-state index contributed by atoms with van der Waals surface area (Å²) < 4.78 is 40.0. The van der Waals surface area contributed by atoms with Gasteiger partial charge < -0.3 is 14.4 Å². The van der Waals surface area contributed by atoms with Gasteiger partial charge in [-0.15, -0.1) is 0 Å². The first-order chi connectivity index (χ1) is 15.7. The molecule has 0 bridgehead atoms. The average Bonchev–Trinajstić information content (AvgIpc) is 3.20. The van der Waals surface area contributed by atoms with Gasteiger partial charge in [0.1, 0.15) is 29.1 Å². The summed E-state index contributed by atoms with van der Waals surface area (Å²) >= 11 is 0. The number of nitriles is 1. The number of hydrogen-bond acceptors (Lipinski definition) is 7. The van der Waals surface area contributed by atoms with Gasteiger partial charge in [-0.05, 0) is 39.7 Å². The van der Waals surface area contributed by atoms with E-state index >= 15 is 0 Å². The van der Waals surface area contributed by atoms with E-state index in [4.69, 9.17) is 9.47 Å². The average molecular weight is 456 g/mol. The molecule has 0 unspecified atom stereocenters. The van der Waals surface area contributed by atoms with Crippen molar-refractivity contribution in [1.29, 1.82) is 5.26 Å². The number of fused-ring (bicyclic) bond motifs is 1. The summed E-state index contributed by atoms with van der Waals surface area (Å²) in [6, 6.07) is 3.34. The predicted octanol–water partition coefficient (Wildman–Crippen LogP) is 4.34. The van der Waals surface area contributed by atoms with E-state index in [0.29, 0.717) is 37.0 Å². The molecule has 3 aromatic rings. The van der Waals surface area contributed by atoms with E-state index in [1.165, 1.54) is 12.5 Å². The maximum atomic E-state index is 13.7. The number of piperidine rings is 1. The fourth-order valence-electron chi connectivity index (χ4n) is 3.61. The highest BCUT2D eigenvalue weighted by Gasteiger charge is 2.29. The van der Waals surface area contributed by atoms with Crippen LogP contribution in [0.15, 0.2) is 24.7 Å². The number of benzene rings is 1. The van der Waals surface area contributed by atoms with Crippen molar-refractivity contribution in [3.63, 3.8) is 0 Å². The standard InChI is InChI=1S/C22H22F2N6O3/c1-22(2,3)33-21(31)29-6-4-14(5-7-29)30-19-15(11-28-30)20(27-12-26-19)32-18-9-17(24)16(23)8-13(18)10-25/h8-9,11-12,14H,4-7H2,1-3H3. The summed E-state index contributed by atoms with van der Waals surface area (Å²) in [6.45, 7) is 6.50. The second-order valence-corrected chi connectivity index (χ2v) is 8.68. The highest BCUT2D eigenvalue weighted by atomic mass is 19.2. The molecule has 1 fully saturated rings. The molecule has 1 aliphatic rings. The number of rotatable bonds is 3. The van der Waals surface area contributed by atoms with Gasteiger partial charge in [0.2, 0.25) is 5.88 Å². The van der Waals surface area contributed by atoms with Gasteiger partial charge in [-0.25, -0.2) is 28.2 Å². The van der Waals surface area contributed by atoms with Gasteiger partial charge in [0.25, 0.3) is 0 Å². The molecule has 2 aromatic heterocycles. The van der Waals surface area contributed by atoms with E-state index in [0.717, 1.165) is 12.1 Å². The first-order valence-electron chi connectivity index (χ1n) is 10.4. The second-order valence-electron chi connectivity index (χ2n) is 8.68. The van der Waals surface area contributed by atoms with E-state index in [2.05, 4.69) is 15.1 Å². The third-order valence-corrected chi connectivity index (χ3v) is 5.17. The van der Waals surface area contributed by atoms with E-state index in [1.807, 2.05) is 20.8 Å². The van der Waals surface area contributed by atoms with Gasteiger partial charge in [0, 0.05) is 19.2 Å². The molecule has 1 aromatic carbocycles. The molecule has 0 N–H and O–H groups in total. The number of aromatic nitrogens is 4. The van der Waals surface area contributed by atoms with Crippen LogP contribution >= 0.6 is 0 Å². The van der Waals surface area contributed by atoms with Crippen molar-refractivity contribution in [2.75, 3.05) is 13.1 Å². The van der Waals surface area contributed by atoms with Crippen LogP contribution in [0.5, 0.6) is 11.6 Å². The van der Waals surface area contributed by atoms with Crippen LogP contribution in [0.1, 0.15) is 45.2 Å². The van der Waals surface area contributed by atoms with Gasteiger partial charge in [-0.3, -0.25) is 0 Å². The molecule has 0 spiro atoms. The first-order valence-corrected chi connectivity index (χ1v) is 10.4. The van der Waals surface area contributed by atoms with Crippen molar-refractivity contribution in [2.45, 2.75) is 45.3 Å². The van der Waals surface area contributed by atoms with Crippen LogP contribution in [0.3, 0.4) is 0 Å². The minimum Gasteiger partial charge on any atom is -0.444 e. The number of likely N-dealkylation sites (tertiary alicyclic amines) is 1. The van der Waals surface area contributed by atoms with Crippen LogP contribution in [0.4, 0.5) is 13.6 Å². The Balaban J connectivity index is 1.54.